The summed E-state index contributed by atoms with van der Waals surface area (Å²) < 4.78 is 10.5. The number of rotatable bonds is 7. The van der Waals surface area contributed by atoms with E-state index in [1.807, 2.05) is 32.0 Å². The summed E-state index contributed by atoms with van der Waals surface area (Å²) >= 11 is 0. The van der Waals surface area contributed by atoms with Crippen LogP contribution in [0.1, 0.15) is 28.4 Å². The fourth-order valence-electron chi connectivity index (χ4n) is 2.88. The molecule has 0 unspecified atom stereocenters. The molecule has 0 saturated heterocycles. The molecule has 0 aliphatic rings. The quantitative estimate of drug-likeness (QED) is 0.600. The fraction of sp³-hybridized carbons (Fsp3) is 0.227. The Morgan fingerprint density at radius 3 is 2.72 bits per heavy atom. The van der Waals surface area contributed by atoms with E-state index in [9.17, 15) is 14.4 Å². The molecule has 7 heteroatoms. The van der Waals surface area contributed by atoms with Crippen LogP contribution in [0.2, 0.25) is 0 Å². The predicted molar refractivity (Wildman–Crippen MR) is 109 cm³/mol. The van der Waals surface area contributed by atoms with Crippen LogP contribution in [0.15, 0.2) is 53.1 Å². The van der Waals surface area contributed by atoms with E-state index in [1.54, 1.807) is 24.3 Å². The van der Waals surface area contributed by atoms with E-state index in [2.05, 4.69) is 10.6 Å². The van der Waals surface area contributed by atoms with Gasteiger partial charge in [-0.2, -0.15) is 0 Å². The minimum absolute atomic E-state index is 0.00994. The normalized spacial score (nSPS) is 10.6. The SMILES string of the molecule is CCNC(=O)c1cccc(NC(=O)COC(=O)Cc2coc3cc(C)ccc23)c1. The molecule has 0 saturated carbocycles. The summed E-state index contributed by atoms with van der Waals surface area (Å²) in [6.07, 6.45) is 1.54. The smallest absolute Gasteiger partial charge is 0.310 e. The minimum Gasteiger partial charge on any atom is -0.464 e. The highest BCUT2D eigenvalue weighted by molar-refractivity contribution is 5.97. The van der Waals surface area contributed by atoms with Gasteiger partial charge in [0.25, 0.3) is 11.8 Å². The van der Waals surface area contributed by atoms with Crippen molar-refractivity contribution < 1.29 is 23.5 Å². The highest BCUT2D eigenvalue weighted by Crippen LogP contribution is 2.23. The molecular formula is C22H22N2O5. The Balaban J connectivity index is 1.53. The Kier molecular flexibility index (Phi) is 6.29. The van der Waals surface area contributed by atoms with Crippen LogP contribution >= 0.6 is 0 Å². The summed E-state index contributed by atoms with van der Waals surface area (Å²) in [6, 6.07) is 12.3. The van der Waals surface area contributed by atoms with Gasteiger partial charge in [-0.25, -0.2) is 0 Å². The van der Waals surface area contributed by atoms with Gasteiger partial charge in [0.1, 0.15) is 5.58 Å². The predicted octanol–water partition coefficient (Wildman–Crippen LogP) is 3.22. The van der Waals surface area contributed by atoms with Crippen molar-refractivity contribution in [2.45, 2.75) is 20.3 Å². The van der Waals surface area contributed by atoms with Crippen LogP contribution in [0.25, 0.3) is 11.0 Å². The van der Waals surface area contributed by atoms with Crippen molar-refractivity contribution in [1.82, 2.24) is 5.32 Å². The lowest BCUT2D eigenvalue weighted by Gasteiger charge is -2.08. The lowest BCUT2D eigenvalue weighted by atomic mass is 10.1. The molecule has 29 heavy (non-hydrogen) atoms. The number of carbonyl (C=O) groups excluding carboxylic acids is 3. The monoisotopic (exact) mass is 394 g/mol. The highest BCUT2D eigenvalue weighted by Gasteiger charge is 2.14. The van der Waals surface area contributed by atoms with Crippen LogP contribution in [-0.4, -0.2) is 30.9 Å². The zero-order valence-electron chi connectivity index (χ0n) is 16.3. The number of hydrogen-bond donors (Lipinski definition) is 2. The largest absolute Gasteiger partial charge is 0.464 e. The van der Waals surface area contributed by atoms with Gasteiger partial charge in [-0.3, -0.25) is 14.4 Å². The molecular weight excluding hydrogens is 372 g/mol. The van der Waals surface area contributed by atoms with Crippen LogP contribution in [0.5, 0.6) is 0 Å². The molecule has 0 bridgehead atoms. The summed E-state index contributed by atoms with van der Waals surface area (Å²) in [6.45, 7) is 3.88. The minimum atomic E-state index is -0.528. The van der Waals surface area contributed by atoms with Crippen molar-refractivity contribution in [2.75, 3.05) is 18.5 Å². The third-order valence-electron chi connectivity index (χ3n) is 4.26. The second kappa shape index (κ2) is 9.05. The molecule has 0 fully saturated rings. The molecule has 7 nitrogen and oxygen atoms in total. The Bertz CT molecular complexity index is 1050. The first-order valence-corrected chi connectivity index (χ1v) is 9.26. The van der Waals surface area contributed by atoms with Crippen LogP contribution < -0.4 is 10.6 Å². The number of furan rings is 1. The highest BCUT2D eigenvalue weighted by atomic mass is 16.5. The third kappa shape index (κ3) is 5.22. The Hall–Kier alpha value is -3.61. The lowest BCUT2D eigenvalue weighted by molar-refractivity contribution is -0.146. The molecule has 0 aliphatic heterocycles. The maximum absolute atomic E-state index is 12.1. The Morgan fingerprint density at radius 2 is 1.93 bits per heavy atom. The van der Waals surface area contributed by atoms with Crippen LogP contribution in [0.4, 0.5) is 5.69 Å². The van der Waals surface area contributed by atoms with Crippen LogP contribution in [0.3, 0.4) is 0 Å². The van der Waals surface area contributed by atoms with Crippen LogP contribution in [0, 0.1) is 6.92 Å². The number of carbonyl (C=O) groups is 3. The van der Waals surface area contributed by atoms with Gasteiger partial charge in [0.15, 0.2) is 6.61 Å². The first-order chi connectivity index (χ1) is 14.0. The van der Waals surface area contributed by atoms with E-state index in [0.717, 1.165) is 10.9 Å². The molecule has 1 heterocycles. The molecule has 2 N–H and O–H groups in total. The van der Waals surface area contributed by atoms with Crippen LogP contribution in [-0.2, 0) is 20.7 Å². The van der Waals surface area contributed by atoms with Gasteiger partial charge >= 0.3 is 5.97 Å². The first kappa shape index (κ1) is 20.1. The van der Waals surface area contributed by atoms with E-state index < -0.39 is 18.5 Å². The van der Waals surface area contributed by atoms with Gasteiger partial charge in [-0.15, -0.1) is 0 Å². The van der Waals surface area contributed by atoms with Gasteiger partial charge in [-0.05, 0) is 43.7 Å². The number of ether oxygens (including phenoxy) is 1. The number of amides is 2. The lowest BCUT2D eigenvalue weighted by Crippen LogP contribution is -2.24. The van der Waals surface area contributed by atoms with Gasteiger partial charge < -0.3 is 19.8 Å². The number of anilines is 1. The summed E-state index contributed by atoms with van der Waals surface area (Å²) in [5.41, 5.74) is 3.36. The average molecular weight is 394 g/mol. The van der Waals surface area contributed by atoms with Crippen molar-refractivity contribution in [2.24, 2.45) is 0 Å². The summed E-state index contributed by atoms with van der Waals surface area (Å²) in [5.74, 6) is -1.24. The topological polar surface area (TPSA) is 97.6 Å². The number of esters is 1. The summed E-state index contributed by atoms with van der Waals surface area (Å²) in [7, 11) is 0. The van der Waals surface area contributed by atoms with Gasteiger partial charge in [-0.1, -0.05) is 18.2 Å². The van der Waals surface area contributed by atoms with E-state index in [1.165, 1.54) is 6.26 Å². The van der Waals surface area contributed by atoms with Crippen molar-refractivity contribution in [1.29, 1.82) is 0 Å². The molecule has 2 aromatic carbocycles. The molecule has 150 valence electrons. The van der Waals surface area contributed by atoms with E-state index in [0.29, 0.717) is 28.9 Å². The Labute approximate surface area is 168 Å². The number of benzene rings is 2. The maximum atomic E-state index is 12.1. The summed E-state index contributed by atoms with van der Waals surface area (Å²) in [4.78, 5) is 36.0. The average Bonchev–Trinajstić information content (AvgIpc) is 3.08. The molecule has 1 aromatic heterocycles. The maximum Gasteiger partial charge on any atom is 0.310 e. The van der Waals surface area contributed by atoms with Crippen molar-refractivity contribution in [3.05, 3.63) is 65.4 Å². The standard InChI is InChI=1S/C22H22N2O5/c1-3-23-22(27)15-5-4-6-17(10-15)24-20(25)13-29-21(26)11-16-12-28-19-9-14(2)7-8-18(16)19/h4-10,12H,3,11,13H2,1-2H3,(H,23,27)(H,24,25). The van der Waals surface area contributed by atoms with E-state index >= 15 is 0 Å². The van der Waals surface area contributed by atoms with Crippen molar-refractivity contribution in [3.8, 4) is 0 Å². The zero-order chi connectivity index (χ0) is 20.8. The first-order valence-electron chi connectivity index (χ1n) is 9.26. The van der Waals surface area contributed by atoms with Crippen molar-refractivity contribution >= 4 is 34.4 Å². The molecule has 0 spiro atoms. The number of hydrogen-bond acceptors (Lipinski definition) is 5. The van der Waals surface area contributed by atoms with Gasteiger partial charge in [0, 0.05) is 28.7 Å². The molecule has 3 rings (SSSR count). The number of aryl methyl sites for hydroxylation is 1. The zero-order valence-corrected chi connectivity index (χ0v) is 16.3. The van der Waals surface area contributed by atoms with E-state index in [-0.39, 0.29) is 12.3 Å². The molecule has 3 aromatic rings. The molecule has 0 atom stereocenters. The molecule has 2 amide bonds. The second-order valence-electron chi connectivity index (χ2n) is 6.59. The van der Waals surface area contributed by atoms with Gasteiger partial charge in [0.2, 0.25) is 0 Å². The third-order valence-corrected chi connectivity index (χ3v) is 4.26. The summed E-state index contributed by atoms with van der Waals surface area (Å²) in [5, 5.41) is 6.15. The number of fused-ring (bicyclic) bond motifs is 1. The van der Waals surface area contributed by atoms with Gasteiger partial charge in [0.05, 0.1) is 12.7 Å². The Morgan fingerprint density at radius 1 is 1.10 bits per heavy atom. The molecule has 0 radical (unpaired) electrons. The number of nitrogens with one attached hydrogen (secondary N) is 2. The fourth-order valence-corrected chi connectivity index (χ4v) is 2.88. The second-order valence-corrected chi connectivity index (χ2v) is 6.59. The molecule has 0 aliphatic carbocycles. The van der Waals surface area contributed by atoms with E-state index in [4.69, 9.17) is 9.15 Å². The van der Waals surface area contributed by atoms with Crippen molar-refractivity contribution in [3.63, 3.8) is 0 Å².